The van der Waals surface area contributed by atoms with Crippen molar-refractivity contribution in [1.82, 2.24) is 0 Å². The molecule has 0 aliphatic carbocycles. The number of hydrogen-bond acceptors (Lipinski definition) is 2. The van der Waals surface area contributed by atoms with E-state index in [1.165, 1.54) is 6.07 Å². The molecule has 1 aromatic rings. The van der Waals surface area contributed by atoms with E-state index in [1.54, 1.807) is 6.92 Å². The maximum absolute atomic E-state index is 13.0. The monoisotopic (exact) mass is 187 g/mol. The molecule has 0 saturated carbocycles. The number of halogens is 2. The van der Waals surface area contributed by atoms with Gasteiger partial charge in [-0.05, 0) is 19.1 Å². The van der Waals surface area contributed by atoms with Crippen molar-refractivity contribution < 1.29 is 13.9 Å². The Labute approximate surface area is 75.2 Å². The van der Waals surface area contributed by atoms with Crippen molar-refractivity contribution in [2.45, 2.75) is 13.0 Å². The second-order valence-corrected chi connectivity index (χ2v) is 2.82. The molecule has 2 N–H and O–H groups in total. The van der Waals surface area contributed by atoms with Crippen molar-refractivity contribution in [3.8, 4) is 0 Å². The van der Waals surface area contributed by atoms with Crippen molar-refractivity contribution in [3.63, 3.8) is 0 Å². The lowest BCUT2D eigenvalue weighted by Crippen LogP contribution is -2.20. The molecule has 1 rings (SSSR count). The van der Waals surface area contributed by atoms with Gasteiger partial charge in [0.1, 0.15) is 17.3 Å². The van der Waals surface area contributed by atoms with Crippen LogP contribution in [0.4, 0.5) is 14.5 Å². The molecule has 0 spiro atoms. The summed E-state index contributed by atoms with van der Waals surface area (Å²) in [7, 11) is 0. The highest BCUT2D eigenvalue weighted by molar-refractivity contribution is 5.46. The van der Waals surface area contributed by atoms with Gasteiger partial charge in [-0.3, -0.25) is 0 Å². The van der Waals surface area contributed by atoms with Crippen molar-refractivity contribution in [2.24, 2.45) is 0 Å². The Kier molecular flexibility index (Phi) is 3.19. The Morgan fingerprint density at radius 3 is 2.38 bits per heavy atom. The quantitative estimate of drug-likeness (QED) is 0.755. The predicted octanol–water partition coefficient (Wildman–Crippen LogP) is 1.76. The lowest BCUT2D eigenvalue weighted by Gasteiger charge is -2.13. The highest BCUT2D eigenvalue weighted by Crippen LogP contribution is 2.18. The van der Waals surface area contributed by atoms with Crippen LogP contribution in [0.25, 0.3) is 0 Å². The molecule has 0 aromatic heterocycles. The molecule has 1 aromatic carbocycles. The van der Waals surface area contributed by atoms with E-state index in [0.29, 0.717) is 0 Å². The van der Waals surface area contributed by atoms with Gasteiger partial charge in [0.2, 0.25) is 0 Å². The highest BCUT2D eigenvalue weighted by atomic mass is 19.1. The van der Waals surface area contributed by atoms with Crippen LogP contribution in [0.15, 0.2) is 18.2 Å². The van der Waals surface area contributed by atoms with E-state index in [1.807, 2.05) is 0 Å². The minimum Gasteiger partial charge on any atom is -0.394 e. The van der Waals surface area contributed by atoms with Crippen LogP contribution in [-0.4, -0.2) is 17.8 Å². The number of hydrogen-bond donors (Lipinski definition) is 2. The third-order valence-electron chi connectivity index (χ3n) is 1.63. The SMILES string of the molecule is CC(CO)Nc1c(F)cccc1F. The number of anilines is 1. The first-order chi connectivity index (χ1) is 6.15. The third-order valence-corrected chi connectivity index (χ3v) is 1.63. The second kappa shape index (κ2) is 4.18. The summed E-state index contributed by atoms with van der Waals surface area (Å²) in [5.74, 6) is -1.30. The summed E-state index contributed by atoms with van der Waals surface area (Å²) in [6.07, 6.45) is 0. The fraction of sp³-hybridized carbons (Fsp3) is 0.333. The van der Waals surface area contributed by atoms with Crippen molar-refractivity contribution in [3.05, 3.63) is 29.8 Å². The molecule has 72 valence electrons. The van der Waals surface area contributed by atoms with Crippen LogP contribution in [-0.2, 0) is 0 Å². The number of para-hydroxylation sites is 1. The summed E-state index contributed by atoms with van der Waals surface area (Å²) in [6.45, 7) is 1.46. The van der Waals surface area contributed by atoms with Crippen molar-refractivity contribution >= 4 is 5.69 Å². The average molecular weight is 187 g/mol. The molecule has 0 heterocycles. The van der Waals surface area contributed by atoms with Crippen LogP contribution in [0.3, 0.4) is 0 Å². The molecule has 2 nitrogen and oxygen atoms in total. The molecule has 13 heavy (non-hydrogen) atoms. The topological polar surface area (TPSA) is 32.3 Å². The van der Waals surface area contributed by atoms with E-state index >= 15 is 0 Å². The fourth-order valence-electron chi connectivity index (χ4n) is 0.928. The summed E-state index contributed by atoms with van der Waals surface area (Å²) in [4.78, 5) is 0. The van der Waals surface area contributed by atoms with E-state index in [4.69, 9.17) is 5.11 Å². The van der Waals surface area contributed by atoms with E-state index in [-0.39, 0.29) is 18.3 Å². The first-order valence-corrected chi connectivity index (χ1v) is 3.96. The molecule has 0 fully saturated rings. The van der Waals surface area contributed by atoms with Gasteiger partial charge in [-0.15, -0.1) is 0 Å². The van der Waals surface area contributed by atoms with Gasteiger partial charge in [0.05, 0.1) is 6.61 Å². The molecular weight excluding hydrogens is 176 g/mol. The van der Waals surface area contributed by atoms with Crippen molar-refractivity contribution in [2.75, 3.05) is 11.9 Å². The maximum Gasteiger partial charge on any atom is 0.149 e. The van der Waals surface area contributed by atoms with Crippen LogP contribution in [0.1, 0.15) is 6.92 Å². The molecular formula is C9H11F2NO. The largest absolute Gasteiger partial charge is 0.394 e. The first-order valence-electron chi connectivity index (χ1n) is 3.96. The third kappa shape index (κ3) is 2.39. The normalized spacial score (nSPS) is 12.6. The molecule has 0 radical (unpaired) electrons. The smallest absolute Gasteiger partial charge is 0.149 e. The van der Waals surface area contributed by atoms with Crippen molar-refractivity contribution in [1.29, 1.82) is 0 Å². The Bertz CT molecular complexity index is 271. The van der Waals surface area contributed by atoms with Gasteiger partial charge in [0, 0.05) is 6.04 Å². The number of aliphatic hydroxyl groups excluding tert-OH is 1. The summed E-state index contributed by atoms with van der Waals surface area (Å²) in [6, 6.07) is 3.25. The van der Waals surface area contributed by atoms with E-state index in [9.17, 15) is 8.78 Å². The van der Waals surface area contributed by atoms with Gasteiger partial charge in [-0.1, -0.05) is 6.07 Å². The standard InChI is InChI=1S/C9H11F2NO/c1-6(5-13)12-9-7(10)3-2-4-8(9)11/h2-4,6,12-13H,5H2,1H3. The van der Waals surface area contributed by atoms with E-state index in [0.717, 1.165) is 12.1 Å². The Morgan fingerprint density at radius 2 is 1.92 bits per heavy atom. The molecule has 0 aliphatic rings. The van der Waals surface area contributed by atoms with Gasteiger partial charge in [-0.25, -0.2) is 8.78 Å². The molecule has 1 atom stereocenters. The summed E-state index contributed by atoms with van der Waals surface area (Å²) in [5, 5.41) is 11.2. The van der Waals surface area contributed by atoms with Gasteiger partial charge in [0.25, 0.3) is 0 Å². The van der Waals surface area contributed by atoms with Gasteiger partial charge >= 0.3 is 0 Å². The molecule has 0 amide bonds. The van der Waals surface area contributed by atoms with Crippen LogP contribution in [0, 0.1) is 11.6 Å². The average Bonchev–Trinajstić information content (AvgIpc) is 2.11. The molecule has 1 unspecified atom stereocenters. The molecule has 0 aliphatic heterocycles. The minimum atomic E-state index is -0.653. The van der Waals surface area contributed by atoms with E-state index < -0.39 is 11.6 Å². The minimum absolute atomic E-state index is 0.173. The fourth-order valence-corrected chi connectivity index (χ4v) is 0.928. The maximum atomic E-state index is 13.0. The number of rotatable bonds is 3. The zero-order valence-corrected chi connectivity index (χ0v) is 7.22. The van der Waals surface area contributed by atoms with Crippen LogP contribution in [0.5, 0.6) is 0 Å². The lowest BCUT2D eigenvalue weighted by atomic mass is 10.2. The Balaban J connectivity index is 2.87. The summed E-state index contributed by atoms with van der Waals surface area (Å²) < 4.78 is 25.9. The highest BCUT2D eigenvalue weighted by Gasteiger charge is 2.09. The van der Waals surface area contributed by atoms with Crippen LogP contribution < -0.4 is 5.32 Å². The van der Waals surface area contributed by atoms with Crippen LogP contribution in [0.2, 0.25) is 0 Å². The number of aliphatic hydroxyl groups is 1. The lowest BCUT2D eigenvalue weighted by molar-refractivity contribution is 0.281. The van der Waals surface area contributed by atoms with Gasteiger partial charge < -0.3 is 10.4 Å². The second-order valence-electron chi connectivity index (χ2n) is 2.82. The Hall–Kier alpha value is -1.16. The van der Waals surface area contributed by atoms with Gasteiger partial charge in [-0.2, -0.15) is 0 Å². The zero-order valence-electron chi connectivity index (χ0n) is 7.22. The van der Waals surface area contributed by atoms with Gasteiger partial charge in [0.15, 0.2) is 0 Å². The summed E-state index contributed by atoms with van der Waals surface area (Å²) in [5.41, 5.74) is -0.191. The Morgan fingerprint density at radius 1 is 1.38 bits per heavy atom. The predicted molar refractivity (Wildman–Crippen MR) is 46.5 cm³/mol. The number of nitrogens with one attached hydrogen (secondary N) is 1. The molecule has 0 saturated heterocycles. The van der Waals surface area contributed by atoms with E-state index in [2.05, 4.69) is 5.32 Å². The summed E-state index contributed by atoms with van der Waals surface area (Å²) >= 11 is 0. The first kappa shape index (κ1) is 9.92. The zero-order chi connectivity index (χ0) is 9.84. The molecule has 0 bridgehead atoms. The van der Waals surface area contributed by atoms with Crippen LogP contribution >= 0.6 is 0 Å². The molecule has 4 heteroatoms. The number of benzene rings is 1.